The second kappa shape index (κ2) is 6.79. The van der Waals surface area contributed by atoms with Gasteiger partial charge in [0.1, 0.15) is 6.07 Å². The summed E-state index contributed by atoms with van der Waals surface area (Å²) in [6.45, 7) is -0.906. The van der Waals surface area contributed by atoms with Crippen molar-refractivity contribution in [2.75, 3.05) is 11.9 Å². The SMILES string of the molecule is N#Cc1ccccc1NC(=O)COc1c(F)c(F)cc(F)c1F. The van der Waals surface area contributed by atoms with Gasteiger partial charge in [0.15, 0.2) is 24.0 Å². The van der Waals surface area contributed by atoms with E-state index < -0.39 is 41.5 Å². The molecule has 0 aliphatic heterocycles. The van der Waals surface area contributed by atoms with Crippen LogP contribution in [0.4, 0.5) is 23.2 Å². The summed E-state index contributed by atoms with van der Waals surface area (Å²) >= 11 is 0. The zero-order valence-electron chi connectivity index (χ0n) is 11.4. The first-order chi connectivity index (χ1) is 10.9. The molecule has 2 aromatic carbocycles. The summed E-state index contributed by atoms with van der Waals surface area (Å²) in [6, 6.07) is 7.86. The quantitative estimate of drug-likeness (QED) is 0.694. The van der Waals surface area contributed by atoms with E-state index in [2.05, 4.69) is 10.1 Å². The minimum absolute atomic E-state index is 0.0285. The average Bonchev–Trinajstić information content (AvgIpc) is 2.53. The van der Waals surface area contributed by atoms with Crippen molar-refractivity contribution in [2.45, 2.75) is 0 Å². The molecule has 2 aromatic rings. The monoisotopic (exact) mass is 324 g/mol. The van der Waals surface area contributed by atoms with Crippen LogP contribution in [0.2, 0.25) is 0 Å². The Bertz CT molecular complexity index is 777. The van der Waals surface area contributed by atoms with Crippen molar-refractivity contribution in [3.63, 3.8) is 0 Å². The van der Waals surface area contributed by atoms with Gasteiger partial charge >= 0.3 is 0 Å². The molecule has 23 heavy (non-hydrogen) atoms. The molecule has 1 amide bonds. The second-order valence-corrected chi connectivity index (χ2v) is 4.29. The molecule has 4 nitrogen and oxygen atoms in total. The number of anilines is 1. The zero-order valence-corrected chi connectivity index (χ0v) is 11.4. The van der Waals surface area contributed by atoms with Crippen LogP contribution in [0.25, 0.3) is 0 Å². The number of ether oxygens (including phenoxy) is 1. The number of hydrogen-bond donors (Lipinski definition) is 1. The van der Waals surface area contributed by atoms with Gasteiger partial charge < -0.3 is 10.1 Å². The smallest absolute Gasteiger partial charge is 0.262 e. The highest BCUT2D eigenvalue weighted by Gasteiger charge is 2.21. The third-order valence-electron chi connectivity index (χ3n) is 2.74. The fourth-order valence-electron chi connectivity index (χ4n) is 1.69. The highest BCUT2D eigenvalue weighted by atomic mass is 19.2. The average molecular weight is 324 g/mol. The fraction of sp³-hybridized carbons (Fsp3) is 0.0667. The largest absolute Gasteiger partial charge is 0.477 e. The van der Waals surface area contributed by atoms with Gasteiger partial charge in [0, 0.05) is 6.07 Å². The van der Waals surface area contributed by atoms with Gasteiger partial charge in [-0.3, -0.25) is 4.79 Å². The number of benzene rings is 2. The van der Waals surface area contributed by atoms with Crippen LogP contribution < -0.4 is 10.1 Å². The molecule has 0 fully saturated rings. The summed E-state index contributed by atoms with van der Waals surface area (Å²) in [4.78, 5) is 11.7. The Balaban J connectivity index is 2.10. The van der Waals surface area contributed by atoms with Gasteiger partial charge in [-0.15, -0.1) is 0 Å². The van der Waals surface area contributed by atoms with E-state index in [9.17, 15) is 22.4 Å². The molecule has 0 radical (unpaired) electrons. The summed E-state index contributed by atoms with van der Waals surface area (Å²) in [5.41, 5.74) is 0.324. The number of rotatable bonds is 4. The molecule has 8 heteroatoms. The normalized spacial score (nSPS) is 10.0. The summed E-state index contributed by atoms with van der Waals surface area (Å²) < 4.78 is 57.2. The fourth-order valence-corrected chi connectivity index (χ4v) is 1.69. The van der Waals surface area contributed by atoms with E-state index in [1.807, 2.05) is 6.07 Å². The van der Waals surface area contributed by atoms with Crippen LogP contribution in [0.3, 0.4) is 0 Å². The van der Waals surface area contributed by atoms with E-state index in [1.54, 1.807) is 12.1 Å². The molecule has 0 aromatic heterocycles. The molecular weight excluding hydrogens is 316 g/mol. The molecule has 0 atom stereocenters. The Morgan fingerprint density at radius 3 is 2.35 bits per heavy atom. The van der Waals surface area contributed by atoms with Crippen molar-refractivity contribution in [1.29, 1.82) is 5.26 Å². The van der Waals surface area contributed by atoms with Crippen LogP contribution in [0.15, 0.2) is 30.3 Å². The molecule has 0 aliphatic carbocycles. The molecule has 0 saturated heterocycles. The lowest BCUT2D eigenvalue weighted by atomic mass is 10.2. The lowest BCUT2D eigenvalue weighted by Crippen LogP contribution is -2.21. The van der Waals surface area contributed by atoms with Crippen molar-refractivity contribution in [3.8, 4) is 11.8 Å². The summed E-state index contributed by atoms with van der Waals surface area (Å²) in [5, 5.41) is 11.1. The number of halogens is 4. The molecule has 118 valence electrons. The number of nitrogens with zero attached hydrogens (tertiary/aromatic N) is 1. The lowest BCUT2D eigenvalue weighted by molar-refractivity contribution is -0.118. The predicted molar refractivity (Wildman–Crippen MR) is 71.6 cm³/mol. The van der Waals surface area contributed by atoms with E-state index in [0.29, 0.717) is 0 Å². The van der Waals surface area contributed by atoms with Gasteiger partial charge in [0.25, 0.3) is 5.91 Å². The van der Waals surface area contributed by atoms with Gasteiger partial charge in [0.05, 0.1) is 11.3 Å². The number of amides is 1. The molecule has 1 N–H and O–H groups in total. The molecule has 0 spiro atoms. The highest BCUT2D eigenvalue weighted by molar-refractivity contribution is 5.93. The first-order valence-electron chi connectivity index (χ1n) is 6.18. The number of nitriles is 1. The van der Waals surface area contributed by atoms with Crippen LogP contribution in [-0.2, 0) is 4.79 Å². The first-order valence-corrected chi connectivity index (χ1v) is 6.18. The maximum atomic E-state index is 13.4. The van der Waals surface area contributed by atoms with E-state index in [1.165, 1.54) is 12.1 Å². The van der Waals surface area contributed by atoms with Gasteiger partial charge in [-0.25, -0.2) is 8.78 Å². The lowest BCUT2D eigenvalue weighted by Gasteiger charge is -2.10. The number of nitrogens with one attached hydrogen (secondary N) is 1. The maximum absolute atomic E-state index is 13.4. The number of hydrogen-bond acceptors (Lipinski definition) is 3. The van der Waals surface area contributed by atoms with E-state index in [0.717, 1.165) is 0 Å². The van der Waals surface area contributed by atoms with Crippen molar-refractivity contribution in [1.82, 2.24) is 0 Å². The van der Waals surface area contributed by atoms with Gasteiger partial charge in [0.2, 0.25) is 11.6 Å². The van der Waals surface area contributed by atoms with Crippen LogP contribution in [0.5, 0.6) is 5.75 Å². The predicted octanol–water partition coefficient (Wildman–Crippen LogP) is 3.13. The first kappa shape index (κ1) is 16.3. The topological polar surface area (TPSA) is 62.1 Å². The van der Waals surface area contributed by atoms with Gasteiger partial charge in [-0.05, 0) is 12.1 Å². The van der Waals surface area contributed by atoms with E-state index in [-0.39, 0.29) is 17.3 Å². The van der Waals surface area contributed by atoms with Crippen molar-refractivity contribution < 1.29 is 27.1 Å². The Morgan fingerprint density at radius 1 is 1.13 bits per heavy atom. The van der Waals surface area contributed by atoms with E-state index in [4.69, 9.17) is 5.26 Å². The Kier molecular flexibility index (Phi) is 4.81. The minimum Gasteiger partial charge on any atom is -0.477 e. The van der Waals surface area contributed by atoms with Crippen molar-refractivity contribution in [2.24, 2.45) is 0 Å². The van der Waals surface area contributed by atoms with Gasteiger partial charge in [-0.2, -0.15) is 14.0 Å². The minimum atomic E-state index is -1.74. The third-order valence-corrected chi connectivity index (χ3v) is 2.74. The number of para-hydroxylation sites is 1. The molecule has 0 unspecified atom stereocenters. The third kappa shape index (κ3) is 3.58. The molecule has 0 aliphatic rings. The standard InChI is InChI=1S/C15H8F4N2O2/c16-9-5-10(17)14(19)15(13(9)18)23-7-12(22)21-11-4-2-1-3-8(11)6-20/h1-5H,7H2,(H,21,22). The molecule has 0 heterocycles. The second-order valence-electron chi connectivity index (χ2n) is 4.29. The Labute approximate surface area is 127 Å². The van der Waals surface area contributed by atoms with Crippen LogP contribution in [-0.4, -0.2) is 12.5 Å². The molecule has 0 saturated carbocycles. The Hall–Kier alpha value is -3.08. The van der Waals surface area contributed by atoms with Crippen LogP contribution >= 0.6 is 0 Å². The van der Waals surface area contributed by atoms with Gasteiger partial charge in [-0.1, -0.05) is 12.1 Å². The maximum Gasteiger partial charge on any atom is 0.262 e. The summed E-state index contributed by atoms with van der Waals surface area (Å²) in [5.74, 6) is -8.96. The van der Waals surface area contributed by atoms with Crippen molar-refractivity contribution in [3.05, 3.63) is 59.2 Å². The molecule has 2 rings (SSSR count). The molecular formula is C15H8F4N2O2. The zero-order chi connectivity index (χ0) is 17.0. The molecule has 0 bridgehead atoms. The van der Waals surface area contributed by atoms with Crippen LogP contribution in [0, 0.1) is 34.6 Å². The summed E-state index contributed by atoms with van der Waals surface area (Å²) in [6.07, 6.45) is 0. The highest BCUT2D eigenvalue weighted by Crippen LogP contribution is 2.26. The van der Waals surface area contributed by atoms with E-state index >= 15 is 0 Å². The summed E-state index contributed by atoms with van der Waals surface area (Å²) in [7, 11) is 0. The Morgan fingerprint density at radius 2 is 1.74 bits per heavy atom. The number of carbonyl (C=O) groups is 1. The van der Waals surface area contributed by atoms with Crippen molar-refractivity contribution >= 4 is 11.6 Å². The number of carbonyl (C=O) groups excluding carboxylic acids is 1. The van der Waals surface area contributed by atoms with Crippen LogP contribution in [0.1, 0.15) is 5.56 Å².